The van der Waals surface area contributed by atoms with Gasteiger partial charge in [-0.3, -0.25) is 9.59 Å². The Hall–Kier alpha value is -2.78. The molecule has 2 aromatic carbocycles. The average Bonchev–Trinajstić information content (AvgIpc) is 3.13. The van der Waals surface area contributed by atoms with Gasteiger partial charge in [0.15, 0.2) is 6.29 Å². The summed E-state index contributed by atoms with van der Waals surface area (Å²) in [5, 5.41) is 15.5. The van der Waals surface area contributed by atoms with E-state index >= 15 is 0 Å². The van der Waals surface area contributed by atoms with Crippen LogP contribution in [0.4, 0.5) is 5.69 Å². The van der Waals surface area contributed by atoms with Crippen LogP contribution in [0.15, 0.2) is 48.5 Å². The zero-order valence-corrected chi connectivity index (χ0v) is 32.3. The molecule has 0 aromatic heterocycles. The number of unbranched alkanes of at least 4 members (excludes halogenated alkanes) is 12. The number of aliphatic hydroxyl groups is 1. The molecule has 0 aliphatic carbocycles. The van der Waals surface area contributed by atoms with E-state index in [0.717, 1.165) is 61.3 Å². The predicted molar refractivity (Wildman–Crippen MR) is 208 cm³/mol. The van der Waals surface area contributed by atoms with Crippen LogP contribution in [0.25, 0.3) is 0 Å². The lowest BCUT2D eigenvalue weighted by Crippen LogP contribution is -2.45. The van der Waals surface area contributed by atoms with Gasteiger partial charge in [-0.1, -0.05) is 128 Å². The Morgan fingerprint density at radius 2 is 1.29 bits per heavy atom. The van der Waals surface area contributed by atoms with E-state index < -0.39 is 6.29 Å². The lowest BCUT2D eigenvalue weighted by Gasteiger charge is -2.43. The van der Waals surface area contributed by atoms with Crippen molar-refractivity contribution in [3.63, 3.8) is 0 Å². The van der Waals surface area contributed by atoms with Crippen molar-refractivity contribution < 1.29 is 24.2 Å². The third kappa shape index (κ3) is 16.6. The molecule has 8 nitrogen and oxygen atoms in total. The lowest BCUT2D eigenvalue weighted by molar-refractivity contribution is -0.276. The molecule has 1 aliphatic heterocycles. The van der Waals surface area contributed by atoms with E-state index in [0.29, 0.717) is 13.0 Å². The van der Waals surface area contributed by atoms with Crippen molar-refractivity contribution in [2.75, 3.05) is 31.5 Å². The quantitative estimate of drug-likeness (QED) is 0.0843. The van der Waals surface area contributed by atoms with E-state index in [2.05, 4.69) is 48.4 Å². The Labute approximate surface area is 309 Å². The first-order valence-corrected chi connectivity index (χ1v) is 20.2. The minimum Gasteiger partial charge on any atom is -0.392 e. The minimum absolute atomic E-state index is 0.0106. The number of ether oxygens (including phenoxy) is 2. The molecule has 0 spiro atoms. The normalized spacial score (nSPS) is 18.9. The Balaban J connectivity index is 1.69. The van der Waals surface area contributed by atoms with Crippen LogP contribution in [0.5, 0.6) is 0 Å². The molecule has 2 amide bonds. The molecule has 8 heteroatoms. The van der Waals surface area contributed by atoms with Crippen molar-refractivity contribution >= 4 is 17.5 Å². The molecule has 2 aromatic rings. The fourth-order valence-corrected chi connectivity index (χ4v) is 6.91. The molecule has 286 valence electrons. The highest BCUT2D eigenvalue weighted by molar-refractivity contribution is 5.90. The number of aliphatic hydroxyl groups excluding tert-OH is 1. The fourth-order valence-electron chi connectivity index (χ4n) is 6.91. The highest BCUT2D eigenvalue weighted by atomic mass is 16.7. The van der Waals surface area contributed by atoms with Crippen LogP contribution < -0.4 is 10.6 Å². The van der Waals surface area contributed by atoms with Gasteiger partial charge in [0.05, 0.1) is 18.8 Å². The number of anilines is 1. The first-order valence-electron chi connectivity index (χ1n) is 20.2. The molecular weight excluding hydrogens is 638 g/mol. The number of hydrogen-bond acceptors (Lipinski definition) is 6. The van der Waals surface area contributed by atoms with Gasteiger partial charge in [-0.15, -0.1) is 0 Å². The molecule has 0 radical (unpaired) electrons. The summed E-state index contributed by atoms with van der Waals surface area (Å²) in [6, 6.07) is 16.0. The Morgan fingerprint density at radius 3 is 1.88 bits per heavy atom. The predicted octanol–water partition coefficient (Wildman–Crippen LogP) is 9.63. The zero-order valence-electron chi connectivity index (χ0n) is 32.3. The second-order valence-electron chi connectivity index (χ2n) is 14.6. The van der Waals surface area contributed by atoms with Gasteiger partial charge >= 0.3 is 0 Å². The van der Waals surface area contributed by atoms with Gasteiger partial charge in [-0.2, -0.15) is 0 Å². The van der Waals surface area contributed by atoms with Crippen molar-refractivity contribution in [2.45, 2.75) is 156 Å². The number of carbonyl (C=O) groups is 2. The minimum atomic E-state index is -0.535. The first kappa shape index (κ1) is 42.6. The highest BCUT2D eigenvalue weighted by Gasteiger charge is 2.39. The lowest BCUT2D eigenvalue weighted by atomic mass is 9.90. The van der Waals surface area contributed by atoms with Crippen molar-refractivity contribution in [1.29, 1.82) is 0 Å². The van der Waals surface area contributed by atoms with Gasteiger partial charge in [0.2, 0.25) is 11.8 Å². The number of nitrogens with zero attached hydrogens (tertiary/aromatic N) is 1. The Morgan fingerprint density at radius 1 is 0.725 bits per heavy atom. The van der Waals surface area contributed by atoms with Crippen molar-refractivity contribution in [2.24, 2.45) is 5.92 Å². The molecule has 1 heterocycles. The molecule has 1 saturated heterocycles. The van der Waals surface area contributed by atoms with Crippen LogP contribution in [-0.2, 0) is 25.7 Å². The van der Waals surface area contributed by atoms with Crippen molar-refractivity contribution in [3.05, 3.63) is 65.2 Å². The number of hydrogen-bond donors (Lipinski definition) is 3. The maximum absolute atomic E-state index is 12.6. The molecule has 1 aliphatic rings. The smallest absolute Gasteiger partial charge is 0.224 e. The maximum Gasteiger partial charge on any atom is 0.224 e. The van der Waals surface area contributed by atoms with Crippen molar-refractivity contribution in [1.82, 2.24) is 10.2 Å². The van der Waals surface area contributed by atoms with E-state index in [4.69, 9.17) is 9.47 Å². The van der Waals surface area contributed by atoms with E-state index in [1.807, 2.05) is 36.4 Å². The summed E-state index contributed by atoms with van der Waals surface area (Å²) >= 11 is 0. The summed E-state index contributed by atoms with van der Waals surface area (Å²) in [5.74, 6) is 0.102. The largest absolute Gasteiger partial charge is 0.392 e. The van der Waals surface area contributed by atoms with E-state index in [1.54, 1.807) is 0 Å². The van der Waals surface area contributed by atoms with Crippen LogP contribution in [0.1, 0.15) is 160 Å². The summed E-state index contributed by atoms with van der Waals surface area (Å²) in [6.45, 7) is 12.0. The van der Waals surface area contributed by atoms with Gasteiger partial charge in [-0.05, 0) is 62.0 Å². The summed E-state index contributed by atoms with van der Waals surface area (Å²) in [7, 11) is 0. The number of amides is 2. The van der Waals surface area contributed by atoms with E-state index in [-0.39, 0.29) is 36.5 Å². The van der Waals surface area contributed by atoms with E-state index in [1.165, 1.54) is 84.0 Å². The van der Waals surface area contributed by atoms with Gasteiger partial charge in [-0.25, -0.2) is 0 Å². The third-order valence-electron chi connectivity index (χ3n) is 10.1. The number of carbonyl (C=O) groups excluding carboxylic acids is 2. The summed E-state index contributed by atoms with van der Waals surface area (Å²) in [5.41, 5.74) is 3.66. The zero-order chi connectivity index (χ0) is 36.7. The van der Waals surface area contributed by atoms with Gasteiger partial charge in [0, 0.05) is 43.6 Å². The van der Waals surface area contributed by atoms with Gasteiger partial charge in [0.25, 0.3) is 0 Å². The average molecular weight is 708 g/mol. The third-order valence-corrected chi connectivity index (χ3v) is 10.1. The van der Waals surface area contributed by atoms with Crippen LogP contribution in [0.3, 0.4) is 0 Å². The second kappa shape index (κ2) is 25.2. The van der Waals surface area contributed by atoms with Gasteiger partial charge in [0.1, 0.15) is 0 Å². The second-order valence-corrected chi connectivity index (χ2v) is 14.6. The molecule has 3 N–H and O–H groups in total. The number of rotatable bonds is 26. The Kier molecular flexibility index (Phi) is 21.1. The number of nitrogens with one attached hydrogen (secondary N) is 2. The van der Waals surface area contributed by atoms with Gasteiger partial charge < -0.3 is 30.1 Å². The highest BCUT2D eigenvalue weighted by Crippen LogP contribution is 2.42. The maximum atomic E-state index is 12.6. The molecule has 4 unspecified atom stereocenters. The van der Waals surface area contributed by atoms with Crippen LogP contribution in [0.2, 0.25) is 0 Å². The molecule has 0 bridgehead atoms. The first-order chi connectivity index (χ1) is 24.8. The standard InChI is InChI=1S/C43H69N3O5/c1-5-7-9-11-13-18-30-46(31-19-14-12-10-8-6-2)32-40-34(3)42(37-23-21-36(33-47)22-24-37)51-43(50-40)38-25-27-39(28-26-38)45-41(49)20-16-15-17-29-44-35(4)48/h21-28,34,40,42-43,47H,5-20,29-33H2,1-4H3,(H,44,48)(H,45,49). The summed E-state index contributed by atoms with van der Waals surface area (Å²) in [6.07, 6.45) is 17.8. The van der Waals surface area contributed by atoms with E-state index in [9.17, 15) is 14.7 Å². The molecule has 3 rings (SSSR count). The van der Waals surface area contributed by atoms with Crippen molar-refractivity contribution in [3.8, 4) is 0 Å². The molecule has 1 fully saturated rings. The SMILES string of the molecule is CCCCCCCCN(CCCCCCCC)CC1OC(c2ccc(NC(=O)CCCCCNC(C)=O)cc2)OC(c2ccc(CO)cc2)C1C. The summed E-state index contributed by atoms with van der Waals surface area (Å²) < 4.78 is 13.6. The Bertz CT molecular complexity index is 1210. The van der Waals surface area contributed by atoms with Crippen LogP contribution in [0, 0.1) is 5.92 Å². The topological polar surface area (TPSA) is 100 Å². The number of benzene rings is 2. The van der Waals surface area contributed by atoms with Crippen LogP contribution in [-0.4, -0.2) is 54.1 Å². The molecule has 4 atom stereocenters. The monoisotopic (exact) mass is 708 g/mol. The fraction of sp³-hybridized carbons (Fsp3) is 0.674. The molecule has 51 heavy (non-hydrogen) atoms. The van der Waals surface area contributed by atoms with Crippen LogP contribution >= 0.6 is 0 Å². The summed E-state index contributed by atoms with van der Waals surface area (Å²) in [4.78, 5) is 26.3. The molecule has 0 saturated carbocycles. The molecular formula is C43H69N3O5.